The molecule has 3 aliphatic rings. The molecule has 11 heteroatoms. The summed E-state index contributed by atoms with van der Waals surface area (Å²) in [6, 6.07) is 1.46. The van der Waals surface area contributed by atoms with Crippen LogP contribution in [0.4, 0.5) is 10.5 Å². The predicted octanol–water partition coefficient (Wildman–Crippen LogP) is 1.52. The van der Waals surface area contributed by atoms with Crippen molar-refractivity contribution < 1.29 is 22.7 Å². The first-order valence-electron chi connectivity index (χ1n) is 11.2. The van der Waals surface area contributed by atoms with Crippen molar-refractivity contribution in [3.8, 4) is 5.88 Å². The highest BCUT2D eigenvalue weighted by Crippen LogP contribution is 2.38. The van der Waals surface area contributed by atoms with Crippen molar-refractivity contribution in [1.29, 1.82) is 0 Å². The minimum atomic E-state index is -4.19. The van der Waals surface area contributed by atoms with E-state index in [0.29, 0.717) is 13.1 Å². The molecule has 0 fully saturated rings. The van der Waals surface area contributed by atoms with Crippen LogP contribution in [0.15, 0.2) is 17.2 Å². The topological polar surface area (TPSA) is 131 Å². The molecule has 3 N–H and O–H groups in total. The van der Waals surface area contributed by atoms with E-state index in [4.69, 9.17) is 4.74 Å². The molecule has 0 bridgehead atoms. The summed E-state index contributed by atoms with van der Waals surface area (Å²) in [5, 5.41) is 9.68. The Morgan fingerprint density at radius 2 is 1.85 bits per heavy atom. The number of fused-ring (bicyclic) bond motifs is 3. The second-order valence-electron chi connectivity index (χ2n) is 8.90. The zero-order valence-corrected chi connectivity index (χ0v) is 19.3. The number of aromatic nitrogens is 2. The molecule has 2 aliphatic carbocycles. The number of aryl methyl sites for hydroxylation is 2. The number of carbonyl (C=O) groups excluding carboxylic acids is 2. The van der Waals surface area contributed by atoms with E-state index in [9.17, 15) is 18.0 Å². The molecule has 5 rings (SSSR count). The van der Waals surface area contributed by atoms with Crippen LogP contribution in [0, 0.1) is 5.92 Å². The maximum Gasteiger partial charge on any atom is 0.333 e. The van der Waals surface area contributed by atoms with Gasteiger partial charge in [-0.25, -0.2) is 22.6 Å². The number of hydrogen-bond acceptors (Lipinski definition) is 6. The van der Waals surface area contributed by atoms with E-state index in [-0.39, 0.29) is 29.2 Å². The molecule has 10 nitrogen and oxygen atoms in total. The smallest absolute Gasteiger partial charge is 0.333 e. The Kier molecular flexibility index (Phi) is 5.51. The van der Waals surface area contributed by atoms with E-state index < -0.39 is 16.1 Å². The molecule has 1 unspecified atom stereocenters. The summed E-state index contributed by atoms with van der Waals surface area (Å²) in [6.45, 7) is 2.48. The quantitative estimate of drug-likeness (QED) is 0.603. The number of rotatable bonds is 5. The van der Waals surface area contributed by atoms with Crippen molar-refractivity contribution in [2.45, 2.75) is 56.9 Å². The maximum atomic E-state index is 13.0. The Bertz CT molecular complexity index is 1200. The molecule has 176 valence electrons. The monoisotopic (exact) mass is 473 g/mol. The van der Waals surface area contributed by atoms with E-state index in [1.165, 1.54) is 28.9 Å². The van der Waals surface area contributed by atoms with Crippen LogP contribution in [0.25, 0.3) is 0 Å². The second kappa shape index (κ2) is 8.36. The molecule has 1 aliphatic heterocycles. The van der Waals surface area contributed by atoms with Gasteiger partial charge in [-0.2, -0.15) is 5.10 Å². The van der Waals surface area contributed by atoms with Crippen LogP contribution in [-0.4, -0.2) is 43.3 Å². The Hall–Kier alpha value is -3.08. The molecular weight excluding hydrogens is 446 g/mol. The highest BCUT2D eigenvalue weighted by Gasteiger charge is 2.32. The van der Waals surface area contributed by atoms with Crippen molar-refractivity contribution in [2.24, 2.45) is 5.92 Å². The summed E-state index contributed by atoms with van der Waals surface area (Å²) >= 11 is 0. The molecule has 3 amide bonds. The molecule has 1 aromatic heterocycles. The summed E-state index contributed by atoms with van der Waals surface area (Å²) < 4.78 is 35.1. The molecule has 0 radical (unpaired) electrons. The lowest BCUT2D eigenvalue weighted by atomic mass is 9.99. The third-order valence-corrected chi connectivity index (χ3v) is 7.83. The summed E-state index contributed by atoms with van der Waals surface area (Å²) in [6.07, 6.45) is 7.00. The number of ether oxygens (including phenoxy) is 1. The van der Waals surface area contributed by atoms with Crippen molar-refractivity contribution >= 4 is 27.6 Å². The third kappa shape index (κ3) is 4.17. The zero-order valence-electron chi connectivity index (χ0n) is 18.4. The number of benzene rings is 1. The van der Waals surface area contributed by atoms with Gasteiger partial charge < -0.3 is 15.4 Å². The van der Waals surface area contributed by atoms with Gasteiger partial charge in [0.15, 0.2) is 4.90 Å². The van der Waals surface area contributed by atoms with E-state index in [0.717, 1.165) is 55.3 Å². The van der Waals surface area contributed by atoms with Gasteiger partial charge in [0.25, 0.3) is 10.0 Å². The van der Waals surface area contributed by atoms with Gasteiger partial charge in [-0.05, 0) is 60.8 Å². The molecule has 0 spiro atoms. The third-order valence-electron chi connectivity index (χ3n) is 6.51. The van der Waals surface area contributed by atoms with Gasteiger partial charge in [-0.1, -0.05) is 6.07 Å². The lowest BCUT2D eigenvalue weighted by Crippen LogP contribution is -2.37. The molecule has 33 heavy (non-hydrogen) atoms. The lowest BCUT2D eigenvalue weighted by Gasteiger charge is -2.24. The van der Waals surface area contributed by atoms with Crippen LogP contribution < -0.4 is 20.1 Å². The van der Waals surface area contributed by atoms with Crippen LogP contribution in [0.3, 0.4) is 0 Å². The number of urea groups is 1. The molecule has 1 aromatic carbocycles. The number of nitrogens with zero attached hydrogens (tertiary/aromatic N) is 2. The highest BCUT2D eigenvalue weighted by atomic mass is 32.2. The summed E-state index contributed by atoms with van der Waals surface area (Å²) in [4.78, 5) is 23.7. The highest BCUT2D eigenvalue weighted by molar-refractivity contribution is 7.90. The summed E-state index contributed by atoms with van der Waals surface area (Å²) in [5.41, 5.74) is 5.53. The Morgan fingerprint density at radius 1 is 1.15 bits per heavy atom. The number of amides is 3. The average Bonchev–Trinajstić information content (AvgIpc) is 3.50. The van der Waals surface area contributed by atoms with Crippen molar-refractivity contribution in [3.63, 3.8) is 0 Å². The van der Waals surface area contributed by atoms with Crippen molar-refractivity contribution in [2.75, 3.05) is 18.5 Å². The SMILES string of the molecule is CC(=O)NCC1COc2c(S(=O)(=O)NC(=O)Nc3c4c(cc5c3CCC5)CCC4)cnn2C1. The molecule has 2 heterocycles. The van der Waals surface area contributed by atoms with E-state index in [2.05, 4.69) is 26.5 Å². The average molecular weight is 474 g/mol. The first kappa shape index (κ1) is 21.7. The van der Waals surface area contributed by atoms with Crippen LogP contribution in [0.2, 0.25) is 0 Å². The number of anilines is 1. The molecular formula is C22H27N5O5S. The number of hydrogen-bond donors (Lipinski definition) is 3. The van der Waals surface area contributed by atoms with Gasteiger partial charge >= 0.3 is 6.03 Å². The van der Waals surface area contributed by atoms with Crippen LogP contribution in [0.1, 0.15) is 42.0 Å². The largest absolute Gasteiger partial charge is 0.476 e. The Morgan fingerprint density at radius 3 is 2.52 bits per heavy atom. The second-order valence-corrected chi connectivity index (χ2v) is 10.6. The maximum absolute atomic E-state index is 13.0. The van der Waals surface area contributed by atoms with E-state index in [1.807, 2.05) is 0 Å². The fourth-order valence-corrected chi connectivity index (χ4v) is 5.99. The predicted molar refractivity (Wildman–Crippen MR) is 120 cm³/mol. The minimum absolute atomic E-state index is 0.0321. The molecule has 0 saturated heterocycles. The van der Waals surface area contributed by atoms with Gasteiger partial charge in [0.1, 0.15) is 0 Å². The number of sulfonamides is 1. The van der Waals surface area contributed by atoms with Gasteiger partial charge in [0.05, 0.1) is 19.3 Å². The van der Waals surface area contributed by atoms with Gasteiger partial charge in [0, 0.05) is 25.1 Å². The van der Waals surface area contributed by atoms with Crippen molar-refractivity contribution in [3.05, 3.63) is 34.5 Å². The fraction of sp³-hybridized carbons (Fsp3) is 0.500. The zero-order chi connectivity index (χ0) is 23.2. The molecule has 2 aromatic rings. The van der Waals surface area contributed by atoms with Crippen LogP contribution in [-0.2, 0) is 47.0 Å². The van der Waals surface area contributed by atoms with Gasteiger partial charge in [0.2, 0.25) is 11.8 Å². The number of nitrogens with one attached hydrogen (secondary N) is 3. The summed E-state index contributed by atoms with van der Waals surface area (Å²) in [5.74, 6) is -0.0827. The summed E-state index contributed by atoms with van der Waals surface area (Å²) in [7, 11) is -4.19. The van der Waals surface area contributed by atoms with Crippen molar-refractivity contribution in [1.82, 2.24) is 19.8 Å². The van der Waals surface area contributed by atoms with Crippen LogP contribution >= 0.6 is 0 Å². The minimum Gasteiger partial charge on any atom is -0.476 e. The molecule has 1 atom stereocenters. The standard InChI is InChI=1S/C22H27N5O5S/c1-13(28)23-9-14-11-27-21(32-12-14)19(10-24-27)33(30,31)26-22(29)25-20-17-6-2-4-15(17)8-16-5-3-7-18(16)20/h8,10,14H,2-7,9,11-12H2,1H3,(H,23,28)(H2,25,26,29). The Balaban J connectivity index is 1.32. The van der Waals surface area contributed by atoms with Gasteiger partial charge in [-0.15, -0.1) is 0 Å². The van der Waals surface area contributed by atoms with E-state index in [1.54, 1.807) is 0 Å². The lowest BCUT2D eigenvalue weighted by molar-refractivity contribution is -0.119. The number of carbonyl (C=O) groups is 2. The first-order valence-corrected chi connectivity index (χ1v) is 12.7. The Labute approximate surface area is 192 Å². The normalized spacial score (nSPS) is 18.6. The first-order chi connectivity index (χ1) is 15.8. The van der Waals surface area contributed by atoms with Gasteiger partial charge in [-0.3, -0.25) is 4.79 Å². The fourth-order valence-electron chi connectivity index (χ4n) is 5.01. The molecule has 0 saturated carbocycles. The van der Waals surface area contributed by atoms with Crippen LogP contribution in [0.5, 0.6) is 5.88 Å². The van der Waals surface area contributed by atoms with E-state index >= 15 is 0 Å².